The minimum Gasteiger partial charge on any atom is -0.265 e. The lowest BCUT2D eigenvalue weighted by Crippen LogP contribution is -2.39. The van der Waals surface area contributed by atoms with Crippen molar-refractivity contribution >= 4 is 0 Å². The Hall–Kier alpha value is -1.36. The predicted molar refractivity (Wildman–Crippen MR) is 54.5 cm³/mol. The first kappa shape index (κ1) is 9.21. The number of aromatic nitrogens is 1. The molecule has 2 rings (SSSR count). The second-order valence-electron chi connectivity index (χ2n) is 4.11. The summed E-state index contributed by atoms with van der Waals surface area (Å²) in [4.78, 5) is 3.98. The minimum absolute atomic E-state index is 0.205. The summed E-state index contributed by atoms with van der Waals surface area (Å²) in [7, 11) is 0. The largest absolute Gasteiger partial charge is 0.265 e. The van der Waals surface area contributed by atoms with Gasteiger partial charge in [-0.2, -0.15) is 5.26 Å². The summed E-state index contributed by atoms with van der Waals surface area (Å²) in [6.45, 7) is 2.19. The van der Waals surface area contributed by atoms with Gasteiger partial charge in [0.15, 0.2) is 0 Å². The lowest BCUT2D eigenvalue weighted by molar-refractivity contribution is 0.192. The van der Waals surface area contributed by atoms with Crippen molar-refractivity contribution in [2.45, 2.75) is 31.6 Å². The number of hydrogen-bond donors (Lipinski definition) is 0. The number of rotatable bonds is 2. The molecule has 14 heavy (non-hydrogen) atoms. The van der Waals surface area contributed by atoms with Crippen LogP contribution in [0, 0.1) is 17.2 Å². The molecule has 1 aromatic heterocycles. The summed E-state index contributed by atoms with van der Waals surface area (Å²) in [6, 6.07) is 6.40. The molecule has 1 saturated carbocycles. The molecule has 1 aromatic rings. The van der Waals surface area contributed by atoms with Crippen LogP contribution < -0.4 is 0 Å². The molecule has 0 aromatic carbocycles. The lowest BCUT2D eigenvalue weighted by atomic mass is 9.59. The molecule has 0 unspecified atom stereocenters. The summed E-state index contributed by atoms with van der Waals surface area (Å²) in [6.07, 6.45) is 6.77. The number of nitriles is 1. The van der Waals surface area contributed by atoms with E-state index in [0.29, 0.717) is 0 Å². The maximum absolute atomic E-state index is 9.23. The smallest absolute Gasteiger partial charge is 0.0828 e. The van der Waals surface area contributed by atoms with Crippen LogP contribution >= 0.6 is 0 Å². The first-order chi connectivity index (χ1) is 6.80. The van der Waals surface area contributed by atoms with Crippen molar-refractivity contribution in [3.8, 4) is 6.07 Å². The van der Waals surface area contributed by atoms with Gasteiger partial charge in [0.2, 0.25) is 0 Å². The normalized spacial score (nSPS) is 30.4. The van der Waals surface area contributed by atoms with Gasteiger partial charge in [0.05, 0.1) is 11.5 Å². The van der Waals surface area contributed by atoms with Gasteiger partial charge in [-0.25, -0.2) is 0 Å². The Bertz CT molecular complexity index is 344. The van der Waals surface area contributed by atoms with E-state index < -0.39 is 0 Å². The Morgan fingerprint density at radius 1 is 1.50 bits per heavy atom. The fourth-order valence-corrected chi connectivity index (χ4v) is 2.28. The summed E-state index contributed by atoms with van der Waals surface area (Å²) < 4.78 is 0. The summed E-state index contributed by atoms with van der Waals surface area (Å²) in [5, 5.41) is 9.23. The van der Waals surface area contributed by atoms with Crippen molar-refractivity contribution in [3.63, 3.8) is 0 Å². The van der Waals surface area contributed by atoms with Crippen LogP contribution in [0.3, 0.4) is 0 Å². The molecule has 0 radical (unpaired) electrons. The molecule has 1 fully saturated rings. The van der Waals surface area contributed by atoms with Crippen molar-refractivity contribution in [1.29, 1.82) is 5.26 Å². The zero-order valence-corrected chi connectivity index (χ0v) is 8.40. The summed E-state index contributed by atoms with van der Waals surface area (Å²) in [5.74, 6) is 0.739. The average molecular weight is 186 g/mol. The highest BCUT2D eigenvalue weighted by molar-refractivity contribution is 5.34. The first-order valence-electron chi connectivity index (χ1n) is 5.12. The van der Waals surface area contributed by atoms with E-state index in [9.17, 15) is 5.26 Å². The molecular weight excluding hydrogens is 172 g/mol. The third-order valence-electron chi connectivity index (χ3n) is 3.30. The van der Waals surface area contributed by atoms with Crippen molar-refractivity contribution in [3.05, 3.63) is 30.1 Å². The SMILES string of the molecule is CCC1CC(C#N)(c2ccncc2)C1. The van der Waals surface area contributed by atoms with Crippen LogP contribution in [0.4, 0.5) is 0 Å². The standard InChI is InChI=1S/C12H14N2/c1-2-10-7-12(8-10,9-13)11-3-5-14-6-4-11/h3-6,10H,2,7-8H2,1H3. The monoisotopic (exact) mass is 186 g/mol. The van der Waals surface area contributed by atoms with E-state index in [4.69, 9.17) is 0 Å². The topological polar surface area (TPSA) is 36.7 Å². The van der Waals surface area contributed by atoms with Gasteiger partial charge in [-0.05, 0) is 36.5 Å². The van der Waals surface area contributed by atoms with E-state index >= 15 is 0 Å². The molecule has 1 heterocycles. The maximum atomic E-state index is 9.23. The molecule has 1 aliphatic carbocycles. The van der Waals surface area contributed by atoms with Crippen molar-refractivity contribution < 1.29 is 0 Å². The van der Waals surface area contributed by atoms with E-state index in [1.54, 1.807) is 12.4 Å². The fraction of sp³-hybridized carbons (Fsp3) is 0.500. The molecule has 0 atom stereocenters. The highest BCUT2D eigenvalue weighted by atomic mass is 14.6. The van der Waals surface area contributed by atoms with Crippen molar-refractivity contribution in [2.75, 3.05) is 0 Å². The molecule has 1 aliphatic rings. The molecule has 0 aliphatic heterocycles. The Morgan fingerprint density at radius 2 is 2.14 bits per heavy atom. The van der Waals surface area contributed by atoms with Crippen LogP contribution in [-0.4, -0.2) is 4.98 Å². The van der Waals surface area contributed by atoms with Gasteiger partial charge in [-0.1, -0.05) is 13.3 Å². The van der Waals surface area contributed by atoms with Crippen LogP contribution in [-0.2, 0) is 5.41 Å². The molecule has 2 heteroatoms. The van der Waals surface area contributed by atoms with Crippen LogP contribution in [0.5, 0.6) is 0 Å². The van der Waals surface area contributed by atoms with Gasteiger partial charge in [-0.3, -0.25) is 4.98 Å². The van der Waals surface area contributed by atoms with Gasteiger partial charge >= 0.3 is 0 Å². The van der Waals surface area contributed by atoms with Gasteiger partial charge in [0.25, 0.3) is 0 Å². The third kappa shape index (κ3) is 1.29. The molecule has 0 amide bonds. The maximum Gasteiger partial charge on any atom is 0.0828 e. The van der Waals surface area contributed by atoms with E-state index in [-0.39, 0.29) is 5.41 Å². The van der Waals surface area contributed by atoms with E-state index in [0.717, 1.165) is 24.3 Å². The lowest BCUT2D eigenvalue weighted by Gasteiger charge is -2.42. The van der Waals surface area contributed by atoms with E-state index in [1.165, 1.54) is 6.42 Å². The zero-order chi connectivity index (χ0) is 10.0. The average Bonchev–Trinajstić information content (AvgIpc) is 2.19. The third-order valence-corrected chi connectivity index (χ3v) is 3.30. The molecular formula is C12H14N2. The number of hydrogen-bond acceptors (Lipinski definition) is 2. The van der Waals surface area contributed by atoms with E-state index in [1.807, 2.05) is 12.1 Å². The summed E-state index contributed by atoms with van der Waals surface area (Å²) in [5.41, 5.74) is 0.934. The number of pyridine rings is 1. The number of nitrogens with zero attached hydrogens (tertiary/aromatic N) is 2. The molecule has 72 valence electrons. The molecule has 0 N–H and O–H groups in total. The molecule has 0 spiro atoms. The first-order valence-corrected chi connectivity index (χ1v) is 5.12. The molecule has 2 nitrogen and oxygen atoms in total. The van der Waals surface area contributed by atoms with Crippen LogP contribution in [0.15, 0.2) is 24.5 Å². The van der Waals surface area contributed by atoms with Crippen molar-refractivity contribution in [1.82, 2.24) is 4.98 Å². The highest BCUT2D eigenvalue weighted by Crippen LogP contribution is 2.48. The van der Waals surface area contributed by atoms with E-state index in [2.05, 4.69) is 18.0 Å². The quantitative estimate of drug-likeness (QED) is 0.712. The fourth-order valence-electron chi connectivity index (χ4n) is 2.28. The Kier molecular flexibility index (Phi) is 2.25. The Balaban J connectivity index is 2.22. The van der Waals surface area contributed by atoms with Crippen molar-refractivity contribution in [2.24, 2.45) is 5.92 Å². The molecule has 0 bridgehead atoms. The van der Waals surface area contributed by atoms with Crippen LogP contribution in [0.1, 0.15) is 31.7 Å². The predicted octanol–water partition coefficient (Wildman–Crippen LogP) is 2.66. The van der Waals surface area contributed by atoms with Crippen LogP contribution in [0.2, 0.25) is 0 Å². The molecule has 0 saturated heterocycles. The Morgan fingerprint density at radius 3 is 2.64 bits per heavy atom. The van der Waals surface area contributed by atoms with Gasteiger partial charge in [0, 0.05) is 12.4 Å². The van der Waals surface area contributed by atoms with Crippen LogP contribution in [0.25, 0.3) is 0 Å². The zero-order valence-electron chi connectivity index (χ0n) is 8.40. The summed E-state index contributed by atoms with van der Waals surface area (Å²) >= 11 is 0. The Labute approximate surface area is 84.6 Å². The highest BCUT2D eigenvalue weighted by Gasteiger charge is 2.44. The van der Waals surface area contributed by atoms with Gasteiger partial charge < -0.3 is 0 Å². The second-order valence-corrected chi connectivity index (χ2v) is 4.11. The van der Waals surface area contributed by atoms with Gasteiger partial charge in [-0.15, -0.1) is 0 Å². The second kappa shape index (κ2) is 3.42. The van der Waals surface area contributed by atoms with Gasteiger partial charge in [0.1, 0.15) is 0 Å². The minimum atomic E-state index is -0.205.